The summed E-state index contributed by atoms with van der Waals surface area (Å²) in [6.07, 6.45) is 6.09. The molecule has 0 aliphatic rings. The highest BCUT2D eigenvalue weighted by molar-refractivity contribution is 7.90. The number of hydrogen-bond acceptors (Lipinski definition) is 6. The van der Waals surface area contributed by atoms with Gasteiger partial charge in [-0.05, 0) is 31.7 Å². The van der Waals surface area contributed by atoms with Gasteiger partial charge in [0.05, 0.1) is 4.92 Å². The van der Waals surface area contributed by atoms with E-state index in [0.29, 0.717) is 31.5 Å². The van der Waals surface area contributed by atoms with Crippen LogP contribution in [0.15, 0.2) is 6.07 Å². The number of unbranched alkanes of at least 4 members (excludes halogenated alkanes) is 3. The molecule has 0 atom stereocenters. The Morgan fingerprint density at radius 3 is 2.58 bits per heavy atom. The van der Waals surface area contributed by atoms with Crippen LogP contribution in [0.5, 0.6) is 0 Å². The van der Waals surface area contributed by atoms with Crippen LogP contribution in [-0.4, -0.2) is 36.9 Å². The second-order valence-electron chi connectivity index (χ2n) is 5.78. The van der Waals surface area contributed by atoms with Gasteiger partial charge in [-0.15, -0.1) is 0 Å². The fourth-order valence-electron chi connectivity index (χ4n) is 2.26. The lowest BCUT2D eigenvalue weighted by Crippen LogP contribution is -2.09. The smallest absolute Gasteiger partial charge is 0.329 e. The maximum atomic E-state index is 11.2. The summed E-state index contributed by atoms with van der Waals surface area (Å²) in [6.45, 7) is 2.53. The molecule has 0 spiro atoms. The van der Waals surface area contributed by atoms with Gasteiger partial charge in [-0.25, -0.2) is 13.4 Å². The number of halogens is 1. The van der Waals surface area contributed by atoms with Gasteiger partial charge in [0.25, 0.3) is 0 Å². The van der Waals surface area contributed by atoms with Crippen molar-refractivity contribution in [2.75, 3.05) is 23.9 Å². The van der Waals surface area contributed by atoms with Gasteiger partial charge in [0.1, 0.15) is 15.5 Å². The molecule has 0 saturated carbocycles. The minimum Gasteiger partial charge on any atom is -0.379 e. The van der Waals surface area contributed by atoms with Crippen molar-refractivity contribution in [1.82, 2.24) is 4.98 Å². The van der Waals surface area contributed by atoms with Gasteiger partial charge in [0.15, 0.2) is 0 Å². The SMILES string of the molecule is CCCCCc1cc(NCCCCS(C)(=O)=O)c([N+](=O)[O-])c(Cl)n1. The summed E-state index contributed by atoms with van der Waals surface area (Å²) >= 11 is 5.97. The second-order valence-corrected chi connectivity index (χ2v) is 8.40. The van der Waals surface area contributed by atoms with E-state index in [1.165, 1.54) is 6.26 Å². The third-order valence-corrected chi connectivity index (χ3v) is 4.77. The van der Waals surface area contributed by atoms with Gasteiger partial charge in [0.2, 0.25) is 5.15 Å². The Hall–Kier alpha value is -1.41. The number of aryl methyl sites for hydroxylation is 1. The topological polar surface area (TPSA) is 102 Å². The molecule has 0 radical (unpaired) electrons. The van der Waals surface area contributed by atoms with Crippen molar-refractivity contribution in [3.05, 3.63) is 27.0 Å². The van der Waals surface area contributed by atoms with E-state index in [0.717, 1.165) is 25.0 Å². The van der Waals surface area contributed by atoms with E-state index in [1.807, 2.05) is 0 Å². The molecule has 1 aromatic heterocycles. The van der Waals surface area contributed by atoms with Crippen molar-refractivity contribution < 1.29 is 13.3 Å². The normalized spacial score (nSPS) is 11.5. The first-order valence-corrected chi connectivity index (χ1v) is 10.4. The van der Waals surface area contributed by atoms with Gasteiger partial charge in [-0.2, -0.15) is 0 Å². The number of aromatic nitrogens is 1. The van der Waals surface area contributed by atoms with Crippen molar-refractivity contribution in [2.45, 2.75) is 45.4 Å². The molecule has 9 heteroatoms. The minimum atomic E-state index is -2.98. The first-order valence-electron chi connectivity index (χ1n) is 8.00. The van der Waals surface area contributed by atoms with Crippen molar-refractivity contribution in [2.24, 2.45) is 0 Å². The highest BCUT2D eigenvalue weighted by atomic mass is 35.5. The standard InChI is InChI=1S/C15H24ClN3O4S/c1-3-4-5-8-12-11-13(14(19(20)21)15(16)18-12)17-9-6-7-10-24(2,22)23/h11H,3-10H2,1-2H3,(H,17,18). The Bertz CT molecular complexity index is 665. The second kappa shape index (κ2) is 9.78. The van der Waals surface area contributed by atoms with E-state index in [2.05, 4.69) is 17.2 Å². The molecule has 7 nitrogen and oxygen atoms in total. The van der Waals surface area contributed by atoms with Gasteiger partial charge in [-0.1, -0.05) is 31.4 Å². The summed E-state index contributed by atoms with van der Waals surface area (Å²) in [7, 11) is -2.98. The number of hydrogen-bond donors (Lipinski definition) is 1. The molecule has 0 amide bonds. The molecular weight excluding hydrogens is 354 g/mol. The van der Waals surface area contributed by atoms with Crippen LogP contribution >= 0.6 is 11.6 Å². The minimum absolute atomic E-state index is 0.107. The molecule has 1 heterocycles. The summed E-state index contributed by atoms with van der Waals surface area (Å²) in [5.41, 5.74) is 0.822. The zero-order chi connectivity index (χ0) is 18.2. The Morgan fingerprint density at radius 1 is 1.29 bits per heavy atom. The van der Waals surface area contributed by atoms with Crippen LogP contribution in [0.1, 0.15) is 44.7 Å². The average molecular weight is 378 g/mol. The van der Waals surface area contributed by atoms with Crippen LogP contribution in [0.3, 0.4) is 0 Å². The summed E-state index contributed by atoms with van der Waals surface area (Å²) in [6, 6.07) is 1.66. The lowest BCUT2D eigenvalue weighted by Gasteiger charge is -2.10. The van der Waals surface area contributed by atoms with Gasteiger partial charge in [0, 0.05) is 24.2 Å². The molecule has 0 aliphatic carbocycles. The summed E-state index contributed by atoms with van der Waals surface area (Å²) in [5, 5.41) is 14.1. The molecule has 1 aromatic rings. The van der Waals surface area contributed by atoms with Crippen LogP contribution in [0.25, 0.3) is 0 Å². The molecule has 0 fully saturated rings. The van der Waals surface area contributed by atoms with Crippen LogP contribution in [-0.2, 0) is 16.3 Å². The lowest BCUT2D eigenvalue weighted by molar-refractivity contribution is -0.384. The van der Waals surface area contributed by atoms with E-state index < -0.39 is 14.8 Å². The van der Waals surface area contributed by atoms with E-state index in [4.69, 9.17) is 11.6 Å². The van der Waals surface area contributed by atoms with Crippen molar-refractivity contribution in [3.8, 4) is 0 Å². The van der Waals surface area contributed by atoms with Crippen LogP contribution in [0.2, 0.25) is 5.15 Å². The van der Waals surface area contributed by atoms with Gasteiger partial charge < -0.3 is 5.32 Å². The van der Waals surface area contributed by atoms with E-state index in [-0.39, 0.29) is 16.6 Å². The monoisotopic (exact) mass is 377 g/mol. The molecule has 0 aromatic carbocycles. The Kier molecular flexibility index (Phi) is 8.41. The summed E-state index contributed by atoms with van der Waals surface area (Å²) < 4.78 is 22.2. The Labute approximate surface area is 147 Å². The first-order chi connectivity index (χ1) is 11.2. The molecule has 0 unspecified atom stereocenters. The van der Waals surface area contributed by atoms with Gasteiger partial charge >= 0.3 is 5.69 Å². The summed E-state index contributed by atoms with van der Waals surface area (Å²) in [5.74, 6) is 0.107. The molecule has 24 heavy (non-hydrogen) atoms. The highest BCUT2D eigenvalue weighted by Crippen LogP contribution is 2.32. The third-order valence-electron chi connectivity index (χ3n) is 3.48. The van der Waals surface area contributed by atoms with Gasteiger partial charge in [-0.3, -0.25) is 10.1 Å². The fourth-order valence-corrected chi connectivity index (χ4v) is 3.27. The number of sulfone groups is 1. The molecule has 0 saturated heterocycles. The van der Waals surface area contributed by atoms with E-state index in [1.54, 1.807) is 6.07 Å². The number of anilines is 1. The molecule has 0 bridgehead atoms. The zero-order valence-electron chi connectivity index (χ0n) is 14.0. The Morgan fingerprint density at radius 2 is 2.00 bits per heavy atom. The largest absolute Gasteiger partial charge is 0.379 e. The van der Waals surface area contributed by atoms with Crippen molar-refractivity contribution >= 4 is 32.8 Å². The fraction of sp³-hybridized carbons (Fsp3) is 0.667. The van der Waals surface area contributed by atoms with E-state index >= 15 is 0 Å². The molecule has 1 rings (SSSR count). The van der Waals surface area contributed by atoms with Crippen molar-refractivity contribution in [1.29, 1.82) is 0 Å². The predicted octanol–water partition coefficient (Wildman–Crippen LogP) is 3.61. The zero-order valence-corrected chi connectivity index (χ0v) is 15.6. The van der Waals surface area contributed by atoms with Crippen LogP contribution in [0.4, 0.5) is 11.4 Å². The quantitative estimate of drug-likeness (QED) is 0.273. The summed E-state index contributed by atoms with van der Waals surface area (Å²) in [4.78, 5) is 14.8. The number of pyridine rings is 1. The number of nitro groups is 1. The molecule has 0 aliphatic heterocycles. The molecular formula is C15H24ClN3O4S. The first kappa shape index (κ1) is 20.6. The Balaban J connectivity index is 2.75. The van der Waals surface area contributed by atoms with Crippen LogP contribution < -0.4 is 5.32 Å². The average Bonchev–Trinajstić information content (AvgIpc) is 2.45. The number of nitrogens with zero attached hydrogens (tertiary/aromatic N) is 2. The molecule has 1 N–H and O–H groups in total. The van der Waals surface area contributed by atoms with Crippen molar-refractivity contribution in [3.63, 3.8) is 0 Å². The number of nitrogens with one attached hydrogen (secondary N) is 1. The van der Waals surface area contributed by atoms with E-state index in [9.17, 15) is 18.5 Å². The maximum absolute atomic E-state index is 11.2. The lowest BCUT2D eigenvalue weighted by atomic mass is 10.1. The molecule has 136 valence electrons. The highest BCUT2D eigenvalue weighted by Gasteiger charge is 2.21. The maximum Gasteiger partial charge on any atom is 0.329 e. The predicted molar refractivity (Wildman–Crippen MR) is 96.6 cm³/mol. The third kappa shape index (κ3) is 7.44. The van der Waals surface area contributed by atoms with Crippen LogP contribution in [0, 0.1) is 10.1 Å². The number of rotatable bonds is 11.